The highest BCUT2D eigenvalue weighted by atomic mass is 16.7. The van der Waals surface area contributed by atoms with Crippen molar-refractivity contribution < 1.29 is 14.3 Å². The molecule has 0 atom stereocenters. The smallest absolute Gasteiger partial charge is 0.434 e. The summed E-state index contributed by atoms with van der Waals surface area (Å²) in [7, 11) is 0. The molecule has 40 heavy (non-hydrogen) atoms. The standard InChI is InChI=1S/C37H66O3/c1-3-5-7-9-11-13-15-17-19-21-23-25-27-29-31-33-35-39-37(38)40-36-34-32-30-28-26-24-22-20-18-16-14-12-10-8-6-4-2/h11-14,17-20H,3-10,15-16,21-36H2,1-2H3/b13-11-,14-12-,19-17-,20-18-. The van der Waals surface area contributed by atoms with Gasteiger partial charge in [-0.3, -0.25) is 0 Å². The Kier molecular flexibility index (Phi) is 33.7. The molecule has 0 bridgehead atoms. The number of unbranched alkanes of at least 4 members (excludes halogenated alkanes) is 18. The van der Waals surface area contributed by atoms with E-state index in [0.717, 1.165) is 38.5 Å². The second-order valence-electron chi connectivity index (χ2n) is 11.1. The Balaban J connectivity index is 3.28. The predicted molar refractivity (Wildman–Crippen MR) is 176 cm³/mol. The van der Waals surface area contributed by atoms with E-state index >= 15 is 0 Å². The average Bonchev–Trinajstić information content (AvgIpc) is 2.96. The maximum atomic E-state index is 11.7. The molecule has 0 amide bonds. The third-order valence-electron chi connectivity index (χ3n) is 7.13. The van der Waals surface area contributed by atoms with Crippen LogP contribution < -0.4 is 0 Å². The minimum Gasteiger partial charge on any atom is -0.434 e. The fraction of sp³-hybridized carbons (Fsp3) is 0.757. The number of rotatable bonds is 30. The van der Waals surface area contributed by atoms with Crippen molar-refractivity contribution in [2.24, 2.45) is 0 Å². The molecule has 0 spiro atoms. The summed E-state index contributed by atoms with van der Waals surface area (Å²) in [6.45, 7) is 5.47. The Morgan fingerprint density at radius 2 is 0.700 bits per heavy atom. The van der Waals surface area contributed by atoms with E-state index in [-0.39, 0.29) is 0 Å². The van der Waals surface area contributed by atoms with Crippen molar-refractivity contribution in [3.63, 3.8) is 0 Å². The Bertz CT molecular complexity index is 565. The van der Waals surface area contributed by atoms with Crippen LogP contribution in [0.25, 0.3) is 0 Å². The summed E-state index contributed by atoms with van der Waals surface area (Å²) < 4.78 is 10.4. The number of hydrogen-bond acceptors (Lipinski definition) is 3. The Morgan fingerprint density at radius 1 is 0.400 bits per heavy atom. The van der Waals surface area contributed by atoms with Crippen molar-refractivity contribution in [3.8, 4) is 0 Å². The molecule has 0 aliphatic carbocycles. The first-order valence-corrected chi connectivity index (χ1v) is 17.2. The summed E-state index contributed by atoms with van der Waals surface area (Å²) in [6.07, 6.45) is 47.1. The van der Waals surface area contributed by atoms with Crippen molar-refractivity contribution in [1.29, 1.82) is 0 Å². The first-order chi connectivity index (χ1) is 19.8. The van der Waals surface area contributed by atoms with E-state index < -0.39 is 6.16 Å². The number of allylic oxidation sites excluding steroid dienone is 8. The second-order valence-corrected chi connectivity index (χ2v) is 11.1. The molecule has 0 saturated heterocycles. The quantitative estimate of drug-likeness (QED) is 0.0499. The topological polar surface area (TPSA) is 35.5 Å². The number of carbonyl (C=O) groups is 1. The molecule has 232 valence electrons. The van der Waals surface area contributed by atoms with E-state index in [0.29, 0.717) is 13.2 Å². The van der Waals surface area contributed by atoms with E-state index in [1.165, 1.54) is 116 Å². The van der Waals surface area contributed by atoms with Crippen molar-refractivity contribution in [1.82, 2.24) is 0 Å². The highest BCUT2D eigenvalue weighted by molar-refractivity contribution is 5.59. The molecule has 0 fully saturated rings. The van der Waals surface area contributed by atoms with Gasteiger partial charge in [-0.2, -0.15) is 0 Å². The van der Waals surface area contributed by atoms with Gasteiger partial charge in [0.05, 0.1) is 13.2 Å². The van der Waals surface area contributed by atoms with Crippen LogP contribution in [0.2, 0.25) is 0 Å². The zero-order valence-electron chi connectivity index (χ0n) is 26.7. The zero-order valence-corrected chi connectivity index (χ0v) is 26.7. The fourth-order valence-electron chi connectivity index (χ4n) is 4.53. The number of hydrogen-bond donors (Lipinski definition) is 0. The highest BCUT2D eigenvalue weighted by Gasteiger charge is 2.03. The molecule has 0 saturated carbocycles. The molecule has 3 nitrogen and oxygen atoms in total. The molecule has 0 N–H and O–H groups in total. The summed E-state index contributed by atoms with van der Waals surface area (Å²) in [6, 6.07) is 0. The van der Waals surface area contributed by atoms with Crippen LogP contribution in [-0.2, 0) is 9.47 Å². The van der Waals surface area contributed by atoms with Crippen molar-refractivity contribution in [2.75, 3.05) is 13.2 Å². The molecule has 0 aliphatic rings. The van der Waals surface area contributed by atoms with Gasteiger partial charge in [-0.25, -0.2) is 4.79 Å². The minimum absolute atomic E-state index is 0.483. The molecule has 0 aromatic carbocycles. The van der Waals surface area contributed by atoms with Crippen LogP contribution in [-0.4, -0.2) is 19.4 Å². The van der Waals surface area contributed by atoms with Crippen LogP contribution >= 0.6 is 0 Å². The molecule has 3 heteroatoms. The van der Waals surface area contributed by atoms with Gasteiger partial charge in [0.2, 0.25) is 0 Å². The van der Waals surface area contributed by atoms with Crippen LogP contribution in [0.1, 0.15) is 168 Å². The zero-order chi connectivity index (χ0) is 29.0. The largest absolute Gasteiger partial charge is 0.508 e. The summed E-state index contributed by atoms with van der Waals surface area (Å²) in [5.74, 6) is 0. The molecule has 0 aromatic heterocycles. The minimum atomic E-state index is -0.495. The van der Waals surface area contributed by atoms with Crippen molar-refractivity contribution >= 4 is 6.16 Å². The molecular weight excluding hydrogens is 492 g/mol. The number of ether oxygens (including phenoxy) is 2. The van der Waals surface area contributed by atoms with Gasteiger partial charge < -0.3 is 9.47 Å². The molecule has 0 unspecified atom stereocenters. The van der Waals surface area contributed by atoms with Crippen molar-refractivity contribution in [2.45, 2.75) is 168 Å². The summed E-state index contributed by atoms with van der Waals surface area (Å²) in [5.41, 5.74) is 0. The van der Waals surface area contributed by atoms with Crippen molar-refractivity contribution in [3.05, 3.63) is 48.6 Å². The van der Waals surface area contributed by atoms with Gasteiger partial charge in [0, 0.05) is 0 Å². The maximum absolute atomic E-state index is 11.7. The van der Waals surface area contributed by atoms with Gasteiger partial charge in [-0.05, 0) is 77.0 Å². The monoisotopic (exact) mass is 559 g/mol. The lowest BCUT2D eigenvalue weighted by Gasteiger charge is -2.06. The van der Waals surface area contributed by atoms with E-state index in [2.05, 4.69) is 62.5 Å². The predicted octanol–water partition coefficient (Wildman–Crippen LogP) is 12.8. The van der Waals surface area contributed by atoms with E-state index in [1.54, 1.807) is 0 Å². The molecule has 0 rings (SSSR count). The lowest BCUT2D eigenvalue weighted by atomic mass is 10.1. The van der Waals surface area contributed by atoms with Gasteiger partial charge in [0.15, 0.2) is 0 Å². The van der Waals surface area contributed by atoms with Crippen LogP contribution in [0, 0.1) is 0 Å². The summed E-state index contributed by atoms with van der Waals surface area (Å²) in [5, 5.41) is 0. The normalized spacial score (nSPS) is 12.1. The third-order valence-corrected chi connectivity index (χ3v) is 7.13. The third kappa shape index (κ3) is 34.3. The Labute approximate surface area is 250 Å². The lowest BCUT2D eigenvalue weighted by Crippen LogP contribution is -2.09. The van der Waals surface area contributed by atoms with Crippen LogP contribution in [0.5, 0.6) is 0 Å². The Morgan fingerprint density at radius 3 is 1.05 bits per heavy atom. The van der Waals surface area contributed by atoms with E-state index in [4.69, 9.17) is 9.47 Å². The van der Waals surface area contributed by atoms with Crippen LogP contribution in [0.3, 0.4) is 0 Å². The molecular formula is C37H66O3. The van der Waals surface area contributed by atoms with Crippen LogP contribution in [0.4, 0.5) is 4.79 Å². The summed E-state index contributed by atoms with van der Waals surface area (Å²) in [4.78, 5) is 11.7. The lowest BCUT2D eigenvalue weighted by molar-refractivity contribution is 0.0529. The molecule has 0 aliphatic heterocycles. The van der Waals surface area contributed by atoms with E-state index in [1.807, 2.05) is 0 Å². The van der Waals surface area contributed by atoms with Gasteiger partial charge >= 0.3 is 6.16 Å². The molecule has 0 heterocycles. The summed E-state index contributed by atoms with van der Waals surface area (Å²) >= 11 is 0. The van der Waals surface area contributed by atoms with Gasteiger partial charge in [0.1, 0.15) is 0 Å². The van der Waals surface area contributed by atoms with Crippen LogP contribution in [0.15, 0.2) is 48.6 Å². The SMILES string of the molecule is CCCCC/C=C\C/C=C\CCCCCCCCOC(=O)OCCCCCCCC/C=C\C/C=C\CCCCC. The van der Waals surface area contributed by atoms with Gasteiger partial charge in [0.25, 0.3) is 0 Å². The Hall–Kier alpha value is -1.77. The number of carbonyl (C=O) groups excluding carboxylic acids is 1. The molecule has 0 radical (unpaired) electrons. The fourth-order valence-corrected chi connectivity index (χ4v) is 4.53. The maximum Gasteiger partial charge on any atom is 0.508 e. The first kappa shape index (κ1) is 38.2. The second kappa shape index (κ2) is 35.3. The highest BCUT2D eigenvalue weighted by Crippen LogP contribution is 2.10. The first-order valence-electron chi connectivity index (χ1n) is 17.2. The molecule has 0 aromatic rings. The average molecular weight is 559 g/mol. The van der Waals surface area contributed by atoms with Gasteiger partial charge in [-0.15, -0.1) is 0 Å². The van der Waals surface area contributed by atoms with Gasteiger partial charge in [-0.1, -0.05) is 140 Å². The van der Waals surface area contributed by atoms with E-state index in [9.17, 15) is 4.79 Å².